The van der Waals surface area contributed by atoms with Gasteiger partial charge >= 0.3 is 6.09 Å². The third-order valence-corrected chi connectivity index (χ3v) is 5.38. The third-order valence-electron chi connectivity index (χ3n) is 4.71. The van der Waals surface area contributed by atoms with E-state index in [2.05, 4.69) is 15.1 Å². The van der Waals surface area contributed by atoms with Crippen molar-refractivity contribution in [1.82, 2.24) is 10.1 Å². The lowest BCUT2D eigenvalue weighted by Crippen LogP contribution is -2.16. The number of nitrogens with zero attached hydrogens (tertiary/aromatic N) is 4. The Kier molecular flexibility index (Phi) is 8.39. The van der Waals surface area contributed by atoms with Crippen LogP contribution in [0.2, 0.25) is 0 Å². The van der Waals surface area contributed by atoms with Crippen LogP contribution >= 0.6 is 11.8 Å². The second-order valence-corrected chi connectivity index (χ2v) is 7.61. The number of ether oxygens (including phenoxy) is 3. The van der Waals surface area contributed by atoms with Gasteiger partial charge in [0.05, 0.1) is 27.0 Å². The second kappa shape index (κ2) is 11.4. The van der Waals surface area contributed by atoms with Crippen LogP contribution in [0.5, 0.6) is 11.5 Å². The molecule has 0 aliphatic carbocycles. The molecule has 0 spiro atoms. The molecule has 0 radical (unpaired) electrons. The predicted octanol–water partition coefficient (Wildman–Crippen LogP) is 4.17. The number of thioether (sulfide) groups is 1. The number of methoxy groups -OCH3 is 3. The van der Waals surface area contributed by atoms with Crippen molar-refractivity contribution >= 4 is 34.3 Å². The van der Waals surface area contributed by atoms with Crippen molar-refractivity contribution in [2.24, 2.45) is 15.7 Å². The van der Waals surface area contributed by atoms with Crippen molar-refractivity contribution in [2.45, 2.75) is 13.5 Å². The molecule has 2 aromatic carbocycles. The van der Waals surface area contributed by atoms with Gasteiger partial charge in [0.25, 0.3) is 0 Å². The Morgan fingerprint density at radius 2 is 1.88 bits per heavy atom. The Balaban J connectivity index is 2.16. The van der Waals surface area contributed by atoms with Crippen molar-refractivity contribution in [2.75, 3.05) is 27.6 Å². The number of aryl methyl sites for hydroxylation is 1. The molecule has 3 aromatic rings. The first-order valence-electron chi connectivity index (χ1n) is 10.1. The fraction of sp³-hybridized carbons (Fsp3) is 0.261. The lowest BCUT2D eigenvalue weighted by molar-refractivity contribution is 0.183. The van der Waals surface area contributed by atoms with Gasteiger partial charge in [-0.05, 0) is 42.7 Å². The van der Waals surface area contributed by atoms with E-state index in [1.165, 1.54) is 26.0 Å². The zero-order valence-electron chi connectivity index (χ0n) is 19.5. The molecule has 1 heterocycles. The van der Waals surface area contributed by atoms with E-state index in [1.807, 2.05) is 30.3 Å². The first kappa shape index (κ1) is 24.9. The van der Waals surface area contributed by atoms with Crippen LogP contribution in [0.3, 0.4) is 0 Å². The Bertz CT molecular complexity index is 1200. The number of carbonyl (C=O) groups excluding carboxylic acids is 1. The minimum Gasteiger partial charge on any atom is -0.493 e. The summed E-state index contributed by atoms with van der Waals surface area (Å²) in [6.07, 6.45) is 1.06. The van der Waals surface area contributed by atoms with Gasteiger partial charge in [-0.25, -0.2) is 9.79 Å². The molecule has 0 saturated heterocycles. The topological polar surface area (TPSA) is 134 Å². The third kappa shape index (κ3) is 5.61. The summed E-state index contributed by atoms with van der Waals surface area (Å²) in [5.41, 5.74) is 9.15. The molecule has 0 unspecified atom stereocenters. The number of aliphatic imine (C=N–C) groups is 2. The van der Waals surface area contributed by atoms with Crippen molar-refractivity contribution in [3.05, 3.63) is 53.4 Å². The van der Waals surface area contributed by atoms with Gasteiger partial charge in [0, 0.05) is 30.2 Å². The average molecular weight is 484 g/mol. The molecule has 1 aromatic heterocycles. The fourth-order valence-corrected chi connectivity index (χ4v) is 3.64. The highest BCUT2D eigenvalue weighted by Crippen LogP contribution is 2.34. The van der Waals surface area contributed by atoms with Gasteiger partial charge in [-0.15, -0.1) is 11.8 Å². The number of rotatable bonds is 7. The Labute approximate surface area is 201 Å². The number of nitrogens with two attached hydrogens (primary N) is 1. The molecule has 2 N–H and O–H groups in total. The van der Waals surface area contributed by atoms with Crippen molar-refractivity contribution in [3.8, 4) is 22.9 Å². The van der Waals surface area contributed by atoms with E-state index in [1.54, 1.807) is 26.4 Å². The van der Waals surface area contributed by atoms with E-state index in [9.17, 15) is 4.79 Å². The van der Waals surface area contributed by atoms with E-state index in [-0.39, 0.29) is 6.54 Å². The molecule has 34 heavy (non-hydrogen) atoms. The number of hydrogen-bond donors (Lipinski definition) is 1. The van der Waals surface area contributed by atoms with Gasteiger partial charge in [-0.1, -0.05) is 5.16 Å². The van der Waals surface area contributed by atoms with Crippen LogP contribution in [0.15, 0.2) is 50.9 Å². The summed E-state index contributed by atoms with van der Waals surface area (Å²) in [7, 11) is 4.35. The van der Waals surface area contributed by atoms with Crippen molar-refractivity contribution in [1.29, 1.82) is 0 Å². The molecular weight excluding hydrogens is 458 g/mol. The fourth-order valence-electron chi connectivity index (χ4n) is 3.12. The maximum atomic E-state index is 12.0. The number of benzene rings is 2. The summed E-state index contributed by atoms with van der Waals surface area (Å²) in [4.78, 5) is 25.0. The normalized spacial score (nSPS) is 11.9. The maximum absolute atomic E-state index is 12.0. The Morgan fingerprint density at radius 1 is 1.15 bits per heavy atom. The zero-order valence-corrected chi connectivity index (χ0v) is 20.3. The summed E-state index contributed by atoms with van der Waals surface area (Å²) < 4.78 is 20.7. The highest BCUT2D eigenvalue weighted by molar-refractivity contribution is 8.15. The van der Waals surface area contributed by atoms with E-state index in [0.29, 0.717) is 50.8 Å². The smallest absolute Gasteiger partial charge is 0.434 e. The SMILES string of the molecule is COC(=O)N=C(SC)C(=Nc1ccc(-c2noc(C)n2)cc1)c1cc(CN)c(OC)c(OC)c1. The van der Waals surface area contributed by atoms with Gasteiger partial charge in [0.15, 0.2) is 11.5 Å². The van der Waals surface area contributed by atoms with Gasteiger partial charge in [-0.2, -0.15) is 9.98 Å². The van der Waals surface area contributed by atoms with Gasteiger partial charge in [0.2, 0.25) is 11.7 Å². The first-order valence-corrected chi connectivity index (χ1v) is 11.3. The second-order valence-electron chi connectivity index (χ2n) is 6.81. The molecule has 0 atom stereocenters. The number of hydrogen-bond acceptors (Lipinski definition) is 10. The standard InChI is InChI=1S/C23H25N5O5S/c1-13-25-21(28-33-13)14-6-8-17(9-7-14)26-19(22(34-5)27-23(29)32-4)15-10-16(12-24)20(31-3)18(11-15)30-2/h6-11H,12,24H2,1-5H3. The van der Waals surface area contributed by atoms with E-state index < -0.39 is 6.09 Å². The van der Waals surface area contributed by atoms with Crippen LogP contribution in [-0.2, 0) is 11.3 Å². The molecule has 0 fully saturated rings. The molecule has 178 valence electrons. The number of carbonyl (C=O) groups is 1. The van der Waals surface area contributed by atoms with Crippen molar-refractivity contribution < 1.29 is 23.5 Å². The maximum Gasteiger partial charge on any atom is 0.434 e. The Morgan fingerprint density at radius 3 is 2.41 bits per heavy atom. The minimum atomic E-state index is -0.737. The number of aromatic nitrogens is 2. The Hall–Kier alpha value is -3.70. The number of amides is 1. The summed E-state index contributed by atoms with van der Waals surface area (Å²) in [5, 5.41) is 4.29. The van der Waals surface area contributed by atoms with Crippen LogP contribution in [-0.4, -0.2) is 54.6 Å². The molecule has 0 bridgehead atoms. The zero-order chi connectivity index (χ0) is 24.7. The summed E-state index contributed by atoms with van der Waals surface area (Å²) in [6, 6.07) is 10.9. The van der Waals surface area contributed by atoms with Gasteiger partial charge < -0.3 is 24.5 Å². The molecule has 0 saturated carbocycles. The summed E-state index contributed by atoms with van der Waals surface area (Å²) in [6.45, 7) is 1.94. The molecule has 11 heteroatoms. The predicted molar refractivity (Wildman–Crippen MR) is 131 cm³/mol. The summed E-state index contributed by atoms with van der Waals surface area (Å²) >= 11 is 1.26. The van der Waals surface area contributed by atoms with E-state index in [4.69, 9.17) is 29.5 Å². The highest BCUT2D eigenvalue weighted by Gasteiger charge is 2.19. The average Bonchev–Trinajstić information content (AvgIpc) is 3.31. The minimum absolute atomic E-state index is 0.211. The van der Waals surface area contributed by atoms with E-state index >= 15 is 0 Å². The molecule has 0 aliphatic heterocycles. The molecule has 0 aliphatic rings. The largest absolute Gasteiger partial charge is 0.493 e. The molecule has 1 amide bonds. The van der Waals surface area contributed by atoms with Crippen LogP contribution in [0.25, 0.3) is 11.4 Å². The first-order chi connectivity index (χ1) is 16.4. The van der Waals surface area contributed by atoms with Crippen LogP contribution in [0.1, 0.15) is 17.0 Å². The molecule has 3 rings (SSSR count). The van der Waals surface area contributed by atoms with Crippen LogP contribution in [0.4, 0.5) is 10.5 Å². The lowest BCUT2D eigenvalue weighted by atomic mass is 10.0. The van der Waals surface area contributed by atoms with Crippen LogP contribution in [0, 0.1) is 6.92 Å². The monoisotopic (exact) mass is 483 g/mol. The summed E-state index contributed by atoms with van der Waals surface area (Å²) in [5.74, 6) is 1.97. The van der Waals surface area contributed by atoms with Crippen LogP contribution < -0.4 is 15.2 Å². The lowest BCUT2D eigenvalue weighted by Gasteiger charge is -2.16. The molecular formula is C23H25N5O5S. The van der Waals surface area contributed by atoms with Crippen molar-refractivity contribution in [3.63, 3.8) is 0 Å². The van der Waals surface area contributed by atoms with Gasteiger partial charge in [-0.3, -0.25) is 0 Å². The quantitative estimate of drug-likeness (QED) is 0.388. The molecule has 10 nitrogen and oxygen atoms in total. The van der Waals surface area contributed by atoms with Gasteiger partial charge in [0.1, 0.15) is 10.8 Å². The van der Waals surface area contributed by atoms with E-state index in [0.717, 1.165) is 5.56 Å². The highest BCUT2D eigenvalue weighted by atomic mass is 32.2.